The van der Waals surface area contributed by atoms with Crippen LogP contribution in [0.4, 0.5) is 0 Å². The Kier molecular flexibility index (Phi) is 4.18. The SMILES string of the molecule is CC(C)CN1CCN(C(=O)c2ccsc2)CC1. The van der Waals surface area contributed by atoms with Crippen molar-refractivity contribution >= 4 is 17.2 Å². The Morgan fingerprint density at radius 3 is 2.59 bits per heavy atom. The predicted molar refractivity (Wildman–Crippen MR) is 71.5 cm³/mol. The molecular formula is C13H20N2OS. The summed E-state index contributed by atoms with van der Waals surface area (Å²) >= 11 is 1.58. The Morgan fingerprint density at radius 1 is 1.35 bits per heavy atom. The van der Waals surface area contributed by atoms with E-state index in [1.54, 1.807) is 11.3 Å². The molecular weight excluding hydrogens is 232 g/mol. The van der Waals surface area contributed by atoms with Crippen LogP contribution in [0.5, 0.6) is 0 Å². The molecule has 1 aromatic heterocycles. The number of rotatable bonds is 3. The fourth-order valence-electron chi connectivity index (χ4n) is 2.22. The average Bonchev–Trinajstić information content (AvgIpc) is 2.82. The van der Waals surface area contributed by atoms with Crippen molar-refractivity contribution in [2.45, 2.75) is 13.8 Å². The van der Waals surface area contributed by atoms with E-state index < -0.39 is 0 Å². The molecule has 0 aromatic carbocycles. The number of hydrogen-bond donors (Lipinski definition) is 0. The predicted octanol–water partition coefficient (Wildman–Crippen LogP) is 2.16. The summed E-state index contributed by atoms with van der Waals surface area (Å²) in [6, 6.07) is 1.91. The molecule has 0 radical (unpaired) electrons. The first-order valence-corrected chi connectivity index (χ1v) is 7.15. The normalized spacial score (nSPS) is 17.7. The maximum Gasteiger partial charge on any atom is 0.254 e. The molecule has 4 heteroatoms. The van der Waals surface area contributed by atoms with Gasteiger partial charge >= 0.3 is 0 Å². The lowest BCUT2D eigenvalue weighted by Crippen LogP contribution is -2.49. The third-order valence-corrected chi connectivity index (χ3v) is 3.73. The van der Waals surface area contributed by atoms with Gasteiger partial charge in [-0.15, -0.1) is 0 Å². The zero-order valence-corrected chi connectivity index (χ0v) is 11.4. The highest BCUT2D eigenvalue weighted by Gasteiger charge is 2.22. The Hall–Kier alpha value is -0.870. The Labute approximate surface area is 107 Å². The van der Waals surface area contributed by atoms with Crippen LogP contribution in [0.3, 0.4) is 0 Å². The summed E-state index contributed by atoms with van der Waals surface area (Å²) in [6.45, 7) is 9.36. The van der Waals surface area contributed by atoms with Crippen molar-refractivity contribution in [3.05, 3.63) is 22.4 Å². The van der Waals surface area contributed by atoms with Gasteiger partial charge in [0, 0.05) is 38.1 Å². The zero-order valence-electron chi connectivity index (χ0n) is 10.6. The third-order valence-electron chi connectivity index (χ3n) is 3.05. The molecule has 1 aromatic rings. The number of piperazine rings is 1. The van der Waals surface area contributed by atoms with Gasteiger partial charge in [-0.1, -0.05) is 13.8 Å². The van der Waals surface area contributed by atoms with Gasteiger partial charge in [0.25, 0.3) is 5.91 Å². The van der Waals surface area contributed by atoms with Crippen LogP contribution in [0, 0.1) is 5.92 Å². The zero-order chi connectivity index (χ0) is 12.3. The van der Waals surface area contributed by atoms with Crippen molar-refractivity contribution in [1.29, 1.82) is 0 Å². The second-order valence-corrected chi connectivity index (χ2v) is 5.78. The minimum Gasteiger partial charge on any atom is -0.336 e. The minimum atomic E-state index is 0.190. The van der Waals surface area contributed by atoms with E-state index in [9.17, 15) is 4.79 Å². The standard InChI is InChI=1S/C13H20N2OS/c1-11(2)9-14-4-6-15(7-5-14)13(16)12-3-8-17-10-12/h3,8,10-11H,4-7,9H2,1-2H3. The van der Waals surface area contributed by atoms with Crippen LogP contribution < -0.4 is 0 Å². The van der Waals surface area contributed by atoms with E-state index in [4.69, 9.17) is 0 Å². The van der Waals surface area contributed by atoms with Gasteiger partial charge in [0.15, 0.2) is 0 Å². The number of nitrogens with zero attached hydrogens (tertiary/aromatic N) is 2. The molecule has 1 aliphatic heterocycles. The molecule has 1 fully saturated rings. The van der Waals surface area contributed by atoms with Crippen molar-refractivity contribution in [3.63, 3.8) is 0 Å². The molecule has 0 aliphatic carbocycles. The quantitative estimate of drug-likeness (QED) is 0.823. The van der Waals surface area contributed by atoms with Crippen molar-refractivity contribution < 1.29 is 4.79 Å². The summed E-state index contributed by atoms with van der Waals surface area (Å²) in [6.07, 6.45) is 0. The number of carbonyl (C=O) groups excluding carboxylic acids is 1. The second-order valence-electron chi connectivity index (χ2n) is 5.00. The maximum absolute atomic E-state index is 12.1. The summed E-state index contributed by atoms with van der Waals surface area (Å²) < 4.78 is 0. The molecule has 1 aliphatic rings. The van der Waals surface area contributed by atoms with Gasteiger partial charge in [-0.25, -0.2) is 0 Å². The molecule has 0 spiro atoms. The van der Waals surface area contributed by atoms with E-state index in [1.807, 2.05) is 21.7 Å². The van der Waals surface area contributed by atoms with Gasteiger partial charge in [-0.3, -0.25) is 9.69 Å². The van der Waals surface area contributed by atoms with E-state index in [2.05, 4.69) is 18.7 Å². The lowest BCUT2D eigenvalue weighted by Gasteiger charge is -2.35. The van der Waals surface area contributed by atoms with Gasteiger partial charge in [0.2, 0.25) is 0 Å². The molecule has 0 bridgehead atoms. The first kappa shape index (κ1) is 12.6. The molecule has 0 N–H and O–H groups in total. The number of amides is 1. The number of hydrogen-bond acceptors (Lipinski definition) is 3. The smallest absolute Gasteiger partial charge is 0.254 e. The molecule has 17 heavy (non-hydrogen) atoms. The molecule has 2 rings (SSSR count). The summed E-state index contributed by atoms with van der Waals surface area (Å²) in [5.74, 6) is 0.893. The van der Waals surface area contributed by atoms with Gasteiger partial charge < -0.3 is 4.90 Å². The first-order valence-electron chi connectivity index (χ1n) is 6.20. The van der Waals surface area contributed by atoms with E-state index in [0.29, 0.717) is 5.92 Å². The third kappa shape index (κ3) is 3.30. The van der Waals surface area contributed by atoms with Gasteiger partial charge in [0.1, 0.15) is 0 Å². The molecule has 2 heterocycles. The fraction of sp³-hybridized carbons (Fsp3) is 0.615. The van der Waals surface area contributed by atoms with Crippen molar-refractivity contribution in [2.75, 3.05) is 32.7 Å². The molecule has 0 unspecified atom stereocenters. The second kappa shape index (κ2) is 5.65. The fourth-order valence-corrected chi connectivity index (χ4v) is 2.85. The maximum atomic E-state index is 12.1. The van der Waals surface area contributed by atoms with Crippen LogP contribution in [0.15, 0.2) is 16.8 Å². The summed E-state index contributed by atoms with van der Waals surface area (Å²) in [7, 11) is 0. The van der Waals surface area contributed by atoms with Crippen LogP contribution in [0.2, 0.25) is 0 Å². The van der Waals surface area contributed by atoms with E-state index in [0.717, 1.165) is 38.3 Å². The van der Waals surface area contributed by atoms with Crippen LogP contribution in [-0.2, 0) is 0 Å². The van der Waals surface area contributed by atoms with Gasteiger partial charge in [-0.05, 0) is 17.4 Å². The summed E-state index contributed by atoms with van der Waals surface area (Å²) in [5.41, 5.74) is 0.840. The molecule has 94 valence electrons. The van der Waals surface area contributed by atoms with E-state index in [1.165, 1.54) is 0 Å². The van der Waals surface area contributed by atoms with Crippen LogP contribution in [-0.4, -0.2) is 48.4 Å². The van der Waals surface area contributed by atoms with E-state index in [-0.39, 0.29) is 5.91 Å². The number of thiophene rings is 1. The van der Waals surface area contributed by atoms with Gasteiger partial charge in [0.05, 0.1) is 5.56 Å². The first-order chi connectivity index (χ1) is 8.16. The Bertz CT molecular complexity index is 354. The molecule has 1 saturated heterocycles. The lowest BCUT2D eigenvalue weighted by atomic mass is 10.2. The van der Waals surface area contributed by atoms with Crippen LogP contribution in [0.1, 0.15) is 24.2 Å². The van der Waals surface area contributed by atoms with Crippen molar-refractivity contribution in [2.24, 2.45) is 5.92 Å². The highest BCUT2D eigenvalue weighted by Crippen LogP contribution is 2.12. The number of carbonyl (C=O) groups is 1. The van der Waals surface area contributed by atoms with Crippen LogP contribution in [0.25, 0.3) is 0 Å². The average molecular weight is 252 g/mol. The molecule has 3 nitrogen and oxygen atoms in total. The van der Waals surface area contributed by atoms with Crippen molar-refractivity contribution in [1.82, 2.24) is 9.80 Å². The minimum absolute atomic E-state index is 0.190. The molecule has 0 atom stereocenters. The monoisotopic (exact) mass is 252 g/mol. The van der Waals surface area contributed by atoms with Gasteiger partial charge in [-0.2, -0.15) is 11.3 Å². The lowest BCUT2D eigenvalue weighted by molar-refractivity contribution is 0.0624. The summed E-state index contributed by atoms with van der Waals surface area (Å²) in [5, 5.41) is 3.89. The molecule has 1 amide bonds. The van der Waals surface area contributed by atoms with Crippen LogP contribution >= 0.6 is 11.3 Å². The Balaban J connectivity index is 1.85. The highest BCUT2D eigenvalue weighted by atomic mass is 32.1. The highest BCUT2D eigenvalue weighted by molar-refractivity contribution is 7.08. The Morgan fingerprint density at radius 2 is 2.06 bits per heavy atom. The largest absolute Gasteiger partial charge is 0.336 e. The topological polar surface area (TPSA) is 23.6 Å². The van der Waals surface area contributed by atoms with E-state index >= 15 is 0 Å². The molecule has 0 saturated carbocycles. The van der Waals surface area contributed by atoms with Crippen molar-refractivity contribution in [3.8, 4) is 0 Å². The summed E-state index contributed by atoms with van der Waals surface area (Å²) in [4.78, 5) is 16.5.